The maximum Gasteiger partial charge on any atom is 0.243 e. The number of methoxy groups -OCH3 is 2. The van der Waals surface area contributed by atoms with Crippen LogP contribution in [0.1, 0.15) is 32.4 Å². The second-order valence-electron chi connectivity index (χ2n) is 6.86. The van der Waals surface area contributed by atoms with Crippen LogP contribution in [-0.4, -0.2) is 52.5 Å². The zero-order valence-corrected chi connectivity index (χ0v) is 20.4. The molecular weight excluding hydrogens is 456 g/mol. The zero-order valence-electron chi connectivity index (χ0n) is 18.8. The van der Waals surface area contributed by atoms with E-state index in [0.717, 1.165) is 9.87 Å². The van der Waals surface area contributed by atoms with Gasteiger partial charge in [-0.15, -0.1) is 0 Å². The van der Waals surface area contributed by atoms with Crippen LogP contribution in [0.15, 0.2) is 41.3 Å². The summed E-state index contributed by atoms with van der Waals surface area (Å²) in [4.78, 5) is 12.6. The molecular formula is C22H29ClN2O6S. The van der Waals surface area contributed by atoms with Crippen molar-refractivity contribution in [3.63, 3.8) is 0 Å². The van der Waals surface area contributed by atoms with Crippen LogP contribution in [0.4, 0.5) is 0 Å². The average molecular weight is 485 g/mol. The first-order valence-corrected chi connectivity index (χ1v) is 11.9. The Morgan fingerprint density at radius 1 is 1.06 bits per heavy atom. The Kier molecular flexibility index (Phi) is 9.18. The van der Waals surface area contributed by atoms with Gasteiger partial charge in [0.1, 0.15) is 5.75 Å². The Balaban J connectivity index is 2.14. The number of hydrogen-bond donors (Lipinski definition) is 1. The molecule has 0 aromatic heterocycles. The number of carbonyl (C=O) groups is 1. The second kappa shape index (κ2) is 11.4. The molecule has 0 saturated heterocycles. The highest BCUT2D eigenvalue weighted by Crippen LogP contribution is 2.30. The van der Waals surface area contributed by atoms with Crippen molar-refractivity contribution in [1.29, 1.82) is 0 Å². The lowest BCUT2D eigenvalue weighted by Gasteiger charge is -2.22. The minimum Gasteiger partial charge on any atom is -0.493 e. The van der Waals surface area contributed by atoms with Crippen LogP contribution in [0.25, 0.3) is 0 Å². The third-order valence-corrected chi connectivity index (χ3v) is 7.01. The molecule has 0 unspecified atom stereocenters. The predicted octanol–water partition coefficient (Wildman–Crippen LogP) is 3.64. The van der Waals surface area contributed by atoms with Gasteiger partial charge in [0.05, 0.1) is 43.3 Å². The lowest BCUT2D eigenvalue weighted by atomic mass is 10.1. The van der Waals surface area contributed by atoms with Crippen molar-refractivity contribution in [1.82, 2.24) is 9.62 Å². The standard InChI is InChI=1S/C22H29ClN2O6S/c1-6-25(32(27,28)17-9-11-19(31-7-2)18(23)13-17)14-22(26)24-15(3)16-8-10-20(29-4)21(12-16)30-5/h8-13,15H,6-7,14H2,1-5H3,(H,24,26)/t15-/m1/s1. The lowest BCUT2D eigenvalue weighted by Crippen LogP contribution is -2.41. The highest BCUT2D eigenvalue weighted by molar-refractivity contribution is 7.89. The molecule has 8 nitrogen and oxygen atoms in total. The molecule has 1 atom stereocenters. The van der Waals surface area contributed by atoms with Gasteiger partial charge in [-0.05, 0) is 49.7 Å². The molecule has 10 heteroatoms. The SMILES string of the molecule is CCOc1ccc(S(=O)(=O)N(CC)CC(=O)N[C@H](C)c2ccc(OC)c(OC)c2)cc1Cl. The van der Waals surface area contributed by atoms with Crippen molar-refractivity contribution in [2.45, 2.75) is 31.7 Å². The molecule has 0 heterocycles. The largest absolute Gasteiger partial charge is 0.493 e. The molecule has 176 valence electrons. The van der Waals surface area contributed by atoms with E-state index in [-0.39, 0.29) is 29.0 Å². The van der Waals surface area contributed by atoms with Crippen LogP contribution in [0.2, 0.25) is 5.02 Å². The topological polar surface area (TPSA) is 94.2 Å². The zero-order chi connectivity index (χ0) is 23.9. The van der Waals surface area contributed by atoms with E-state index in [1.807, 2.05) is 6.07 Å². The quantitative estimate of drug-likeness (QED) is 0.523. The second-order valence-corrected chi connectivity index (χ2v) is 9.21. The van der Waals surface area contributed by atoms with E-state index < -0.39 is 15.9 Å². The van der Waals surface area contributed by atoms with Gasteiger partial charge in [0.25, 0.3) is 0 Å². The number of carbonyl (C=O) groups excluding carboxylic acids is 1. The van der Waals surface area contributed by atoms with Crippen molar-refractivity contribution in [2.75, 3.05) is 33.9 Å². The highest BCUT2D eigenvalue weighted by atomic mass is 35.5. The number of nitrogens with one attached hydrogen (secondary N) is 1. The van der Waals surface area contributed by atoms with Crippen molar-refractivity contribution in [3.8, 4) is 17.2 Å². The van der Waals surface area contributed by atoms with Gasteiger partial charge in [-0.1, -0.05) is 24.6 Å². The maximum atomic E-state index is 13.0. The summed E-state index contributed by atoms with van der Waals surface area (Å²) in [5, 5.41) is 3.01. The molecule has 2 aromatic rings. The Hall–Kier alpha value is -2.49. The molecule has 0 aliphatic rings. The molecule has 0 saturated carbocycles. The van der Waals surface area contributed by atoms with Crippen molar-refractivity contribution < 1.29 is 27.4 Å². The third kappa shape index (κ3) is 6.05. The summed E-state index contributed by atoms with van der Waals surface area (Å²) in [5.41, 5.74) is 0.792. The molecule has 2 aromatic carbocycles. The van der Waals surface area contributed by atoms with Gasteiger partial charge in [-0.25, -0.2) is 8.42 Å². The van der Waals surface area contributed by atoms with Gasteiger partial charge in [0.15, 0.2) is 11.5 Å². The molecule has 2 rings (SSSR count). The van der Waals surface area contributed by atoms with Crippen LogP contribution >= 0.6 is 11.6 Å². The first kappa shape index (κ1) is 25.8. The fourth-order valence-corrected chi connectivity index (χ4v) is 4.82. The number of halogens is 1. The highest BCUT2D eigenvalue weighted by Gasteiger charge is 2.27. The van der Waals surface area contributed by atoms with Crippen molar-refractivity contribution in [3.05, 3.63) is 47.0 Å². The third-order valence-electron chi connectivity index (χ3n) is 4.80. The number of likely N-dealkylation sites (N-methyl/N-ethyl adjacent to an activating group) is 1. The predicted molar refractivity (Wildman–Crippen MR) is 123 cm³/mol. The molecule has 32 heavy (non-hydrogen) atoms. The van der Waals surface area contributed by atoms with E-state index in [0.29, 0.717) is 23.9 Å². The Morgan fingerprint density at radius 3 is 2.28 bits per heavy atom. The summed E-state index contributed by atoms with van der Waals surface area (Å²) in [7, 11) is -0.853. The summed E-state index contributed by atoms with van der Waals surface area (Å²) in [5.74, 6) is 1.08. The van der Waals surface area contributed by atoms with Gasteiger partial charge >= 0.3 is 0 Å². The van der Waals surface area contributed by atoms with Gasteiger partial charge < -0.3 is 19.5 Å². The number of rotatable bonds is 11. The smallest absolute Gasteiger partial charge is 0.243 e. The van der Waals surface area contributed by atoms with Crippen molar-refractivity contribution in [2.24, 2.45) is 0 Å². The number of sulfonamides is 1. The molecule has 0 aliphatic heterocycles. The maximum absolute atomic E-state index is 13.0. The van der Waals surface area contributed by atoms with E-state index in [1.54, 1.807) is 40.0 Å². The summed E-state index contributed by atoms with van der Waals surface area (Å²) in [6.07, 6.45) is 0. The number of nitrogens with zero attached hydrogens (tertiary/aromatic N) is 1. The first-order valence-electron chi connectivity index (χ1n) is 10.1. The molecule has 1 N–H and O–H groups in total. The van der Waals surface area contributed by atoms with E-state index >= 15 is 0 Å². The summed E-state index contributed by atoms with van der Waals surface area (Å²) >= 11 is 6.14. The monoisotopic (exact) mass is 484 g/mol. The van der Waals surface area contributed by atoms with Crippen LogP contribution in [0.3, 0.4) is 0 Å². The number of hydrogen-bond acceptors (Lipinski definition) is 6. The van der Waals surface area contributed by atoms with Crippen LogP contribution in [0.5, 0.6) is 17.2 Å². The average Bonchev–Trinajstić information content (AvgIpc) is 2.78. The Bertz CT molecular complexity index is 1040. The summed E-state index contributed by atoms with van der Waals surface area (Å²) in [6.45, 7) is 5.47. The fourth-order valence-electron chi connectivity index (χ4n) is 3.08. The molecule has 1 amide bonds. The van der Waals surface area contributed by atoms with Crippen molar-refractivity contribution >= 4 is 27.5 Å². The van der Waals surface area contributed by atoms with Crippen LogP contribution < -0.4 is 19.5 Å². The van der Waals surface area contributed by atoms with Gasteiger partial charge in [0, 0.05) is 6.54 Å². The minimum absolute atomic E-state index is 0.00598. The van der Waals surface area contributed by atoms with E-state index in [4.69, 9.17) is 25.8 Å². The normalized spacial score (nSPS) is 12.3. The molecule has 0 aliphatic carbocycles. The first-order chi connectivity index (χ1) is 15.2. The van der Waals surface area contributed by atoms with E-state index in [2.05, 4.69) is 5.32 Å². The molecule has 0 fully saturated rings. The Morgan fingerprint density at radius 2 is 1.72 bits per heavy atom. The number of benzene rings is 2. The molecule has 0 bridgehead atoms. The van der Waals surface area contributed by atoms with E-state index in [1.165, 1.54) is 25.3 Å². The fraction of sp³-hybridized carbons (Fsp3) is 0.409. The summed E-state index contributed by atoms with van der Waals surface area (Å²) in [6, 6.07) is 9.20. The minimum atomic E-state index is -3.92. The Labute approximate surface area is 194 Å². The van der Waals surface area contributed by atoms with Gasteiger partial charge in [-0.2, -0.15) is 4.31 Å². The molecule has 0 spiro atoms. The van der Waals surface area contributed by atoms with Crippen LogP contribution in [0, 0.1) is 0 Å². The van der Waals surface area contributed by atoms with Gasteiger partial charge in [0.2, 0.25) is 15.9 Å². The lowest BCUT2D eigenvalue weighted by molar-refractivity contribution is -0.121. The number of ether oxygens (including phenoxy) is 3. The molecule has 0 radical (unpaired) electrons. The van der Waals surface area contributed by atoms with Crippen LogP contribution in [-0.2, 0) is 14.8 Å². The summed E-state index contributed by atoms with van der Waals surface area (Å²) < 4.78 is 43.1. The number of amides is 1. The van der Waals surface area contributed by atoms with E-state index in [9.17, 15) is 13.2 Å². The van der Waals surface area contributed by atoms with Gasteiger partial charge in [-0.3, -0.25) is 4.79 Å².